The summed E-state index contributed by atoms with van der Waals surface area (Å²) in [5, 5.41) is 0. The van der Waals surface area contributed by atoms with Crippen LogP contribution in [-0.4, -0.2) is 6.61 Å². The SMILES string of the molecule is C=C(C)/C=C(\C=C(/F)CCC(=C)OCC)c1c(C)cccc1C. The van der Waals surface area contributed by atoms with Crippen molar-refractivity contribution in [3.63, 3.8) is 0 Å². The Hall–Kier alpha value is -2.09. The predicted molar refractivity (Wildman–Crippen MR) is 97.9 cm³/mol. The number of hydrogen-bond acceptors (Lipinski definition) is 1. The predicted octanol–water partition coefficient (Wildman–Crippen LogP) is 6.45. The minimum absolute atomic E-state index is 0.180. The Morgan fingerprint density at radius 3 is 2.26 bits per heavy atom. The van der Waals surface area contributed by atoms with E-state index in [-0.39, 0.29) is 12.2 Å². The molecule has 1 nitrogen and oxygen atoms in total. The zero-order valence-corrected chi connectivity index (χ0v) is 14.7. The second-order valence-corrected chi connectivity index (χ2v) is 5.78. The van der Waals surface area contributed by atoms with Gasteiger partial charge < -0.3 is 4.74 Å². The summed E-state index contributed by atoms with van der Waals surface area (Å²) in [6, 6.07) is 6.09. The van der Waals surface area contributed by atoms with Gasteiger partial charge in [0.1, 0.15) is 5.83 Å². The van der Waals surface area contributed by atoms with Gasteiger partial charge in [0.2, 0.25) is 0 Å². The largest absolute Gasteiger partial charge is 0.499 e. The van der Waals surface area contributed by atoms with Crippen molar-refractivity contribution in [2.45, 2.75) is 40.5 Å². The van der Waals surface area contributed by atoms with Crippen LogP contribution in [0.25, 0.3) is 5.57 Å². The van der Waals surface area contributed by atoms with Gasteiger partial charge in [0.15, 0.2) is 0 Å². The quantitative estimate of drug-likeness (QED) is 0.396. The molecule has 0 heterocycles. The number of allylic oxidation sites excluding steroid dienone is 6. The standard InChI is InChI=1S/C21H27FO/c1-7-23-18(6)11-12-20(22)14-19(13-15(2)3)21-16(4)9-8-10-17(21)5/h8-10,13-14H,2,6-7,11-12H2,1,3-5H3/b19-13+,20-14-. The summed E-state index contributed by atoms with van der Waals surface area (Å²) < 4.78 is 19.6. The fourth-order valence-electron chi connectivity index (χ4n) is 2.50. The summed E-state index contributed by atoms with van der Waals surface area (Å²) in [4.78, 5) is 0. The summed E-state index contributed by atoms with van der Waals surface area (Å²) in [6.45, 7) is 16.2. The number of hydrogen-bond donors (Lipinski definition) is 0. The highest BCUT2D eigenvalue weighted by Gasteiger charge is 2.08. The van der Waals surface area contributed by atoms with Gasteiger partial charge in [0.05, 0.1) is 12.4 Å². The van der Waals surface area contributed by atoms with Crippen molar-refractivity contribution >= 4 is 5.57 Å². The lowest BCUT2D eigenvalue weighted by Crippen LogP contribution is -1.94. The van der Waals surface area contributed by atoms with Gasteiger partial charge in [0, 0.05) is 12.8 Å². The Bertz CT molecular complexity index is 615. The van der Waals surface area contributed by atoms with Gasteiger partial charge >= 0.3 is 0 Å². The Morgan fingerprint density at radius 2 is 1.74 bits per heavy atom. The lowest BCUT2D eigenvalue weighted by Gasteiger charge is -2.12. The molecule has 0 N–H and O–H groups in total. The van der Waals surface area contributed by atoms with Crippen LogP contribution in [0, 0.1) is 13.8 Å². The molecular formula is C21H27FO. The van der Waals surface area contributed by atoms with E-state index in [9.17, 15) is 4.39 Å². The Kier molecular flexibility index (Phi) is 7.53. The van der Waals surface area contributed by atoms with Gasteiger partial charge in [0.25, 0.3) is 0 Å². The fourth-order valence-corrected chi connectivity index (χ4v) is 2.50. The first kappa shape index (κ1) is 19.0. The average Bonchev–Trinajstić information content (AvgIpc) is 2.44. The van der Waals surface area contributed by atoms with Crippen molar-refractivity contribution in [2.24, 2.45) is 0 Å². The normalized spacial score (nSPS) is 12.2. The highest BCUT2D eigenvalue weighted by molar-refractivity contribution is 5.79. The van der Waals surface area contributed by atoms with E-state index in [4.69, 9.17) is 4.74 Å². The molecular weight excluding hydrogens is 287 g/mol. The molecule has 0 radical (unpaired) electrons. The lowest BCUT2D eigenvalue weighted by atomic mass is 9.93. The van der Waals surface area contributed by atoms with Crippen LogP contribution in [0.4, 0.5) is 4.39 Å². The third kappa shape index (κ3) is 6.27. The van der Waals surface area contributed by atoms with Gasteiger partial charge in [-0.2, -0.15) is 0 Å². The van der Waals surface area contributed by atoms with E-state index in [1.165, 1.54) is 0 Å². The molecule has 0 aliphatic carbocycles. The molecule has 1 rings (SSSR count). The van der Waals surface area contributed by atoms with Crippen molar-refractivity contribution in [3.8, 4) is 0 Å². The maximum Gasteiger partial charge on any atom is 0.101 e. The highest BCUT2D eigenvalue weighted by Crippen LogP contribution is 2.27. The first-order valence-corrected chi connectivity index (χ1v) is 7.95. The van der Waals surface area contributed by atoms with Crippen LogP contribution in [0.3, 0.4) is 0 Å². The highest BCUT2D eigenvalue weighted by atomic mass is 19.1. The van der Waals surface area contributed by atoms with Crippen molar-refractivity contribution in [1.82, 2.24) is 0 Å². The average molecular weight is 314 g/mol. The number of aryl methyl sites for hydroxylation is 2. The zero-order chi connectivity index (χ0) is 17.4. The molecule has 0 amide bonds. The molecule has 124 valence electrons. The maximum absolute atomic E-state index is 14.3. The summed E-state index contributed by atoms with van der Waals surface area (Å²) in [6.07, 6.45) is 4.30. The molecule has 0 unspecified atom stereocenters. The van der Waals surface area contributed by atoms with Crippen LogP contribution in [0.1, 0.15) is 43.4 Å². The Morgan fingerprint density at radius 1 is 1.13 bits per heavy atom. The number of ether oxygens (including phenoxy) is 1. The molecule has 0 spiro atoms. The topological polar surface area (TPSA) is 9.23 Å². The van der Waals surface area contributed by atoms with Crippen LogP contribution in [-0.2, 0) is 4.74 Å². The zero-order valence-electron chi connectivity index (χ0n) is 14.7. The van der Waals surface area contributed by atoms with Gasteiger partial charge in [-0.25, -0.2) is 4.39 Å². The molecule has 1 aromatic carbocycles. The molecule has 23 heavy (non-hydrogen) atoms. The molecule has 1 aromatic rings. The van der Waals surface area contributed by atoms with Crippen LogP contribution in [0.15, 0.2) is 60.7 Å². The van der Waals surface area contributed by atoms with E-state index >= 15 is 0 Å². The van der Waals surface area contributed by atoms with Crippen molar-refractivity contribution in [1.29, 1.82) is 0 Å². The van der Waals surface area contributed by atoms with E-state index in [0.29, 0.717) is 18.8 Å². The summed E-state index contributed by atoms with van der Waals surface area (Å²) in [7, 11) is 0. The monoisotopic (exact) mass is 314 g/mol. The number of halogens is 1. The summed E-state index contributed by atoms with van der Waals surface area (Å²) >= 11 is 0. The number of benzene rings is 1. The fraction of sp³-hybridized carbons (Fsp3) is 0.333. The van der Waals surface area contributed by atoms with Crippen LogP contribution >= 0.6 is 0 Å². The van der Waals surface area contributed by atoms with E-state index in [1.54, 1.807) is 6.08 Å². The van der Waals surface area contributed by atoms with E-state index in [0.717, 1.165) is 27.8 Å². The molecule has 0 atom stereocenters. The molecule has 0 fully saturated rings. The second-order valence-electron chi connectivity index (χ2n) is 5.78. The van der Waals surface area contributed by atoms with Crippen molar-refractivity contribution < 1.29 is 9.13 Å². The van der Waals surface area contributed by atoms with Gasteiger partial charge in [-0.3, -0.25) is 0 Å². The van der Waals surface area contributed by atoms with Gasteiger partial charge in [-0.15, -0.1) is 0 Å². The molecule has 0 saturated heterocycles. The minimum Gasteiger partial charge on any atom is -0.499 e. The molecule has 0 aliphatic heterocycles. The smallest absolute Gasteiger partial charge is 0.101 e. The maximum atomic E-state index is 14.3. The summed E-state index contributed by atoms with van der Waals surface area (Å²) in [5.74, 6) is 0.439. The summed E-state index contributed by atoms with van der Waals surface area (Å²) in [5.41, 5.74) is 5.06. The molecule has 2 heteroatoms. The molecule has 0 aromatic heterocycles. The van der Waals surface area contributed by atoms with Crippen molar-refractivity contribution in [3.05, 3.63) is 77.4 Å². The Labute approximate surface area is 139 Å². The van der Waals surface area contributed by atoms with Crippen LogP contribution < -0.4 is 0 Å². The first-order valence-electron chi connectivity index (χ1n) is 7.95. The van der Waals surface area contributed by atoms with Gasteiger partial charge in [-0.1, -0.05) is 43.0 Å². The third-order valence-corrected chi connectivity index (χ3v) is 3.47. The third-order valence-electron chi connectivity index (χ3n) is 3.47. The first-order chi connectivity index (χ1) is 10.8. The van der Waals surface area contributed by atoms with Crippen LogP contribution in [0.2, 0.25) is 0 Å². The van der Waals surface area contributed by atoms with Crippen LogP contribution in [0.5, 0.6) is 0 Å². The molecule has 0 saturated carbocycles. The minimum atomic E-state index is -0.180. The Balaban J connectivity index is 3.07. The second kappa shape index (κ2) is 9.14. The van der Waals surface area contributed by atoms with E-state index in [1.807, 2.05) is 52.0 Å². The van der Waals surface area contributed by atoms with E-state index in [2.05, 4.69) is 13.2 Å². The molecule has 0 aliphatic rings. The lowest BCUT2D eigenvalue weighted by molar-refractivity contribution is 0.219. The molecule has 0 bridgehead atoms. The van der Waals surface area contributed by atoms with E-state index < -0.39 is 0 Å². The van der Waals surface area contributed by atoms with Crippen molar-refractivity contribution in [2.75, 3.05) is 6.61 Å². The van der Waals surface area contributed by atoms with Gasteiger partial charge in [-0.05, 0) is 56.0 Å². The number of rotatable bonds is 8.